The highest BCUT2D eigenvalue weighted by Gasteiger charge is 2.45. The maximum absolute atomic E-state index is 13.0. The zero-order chi connectivity index (χ0) is 25.6. The fourth-order valence-corrected chi connectivity index (χ4v) is 7.03. The fourth-order valence-electron chi connectivity index (χ4n) is 4.15. The van der Waals surface area contributed by atoms with Crippen LogP contribution in [0.25, 0.3) is 21.5 Å². The Bertz CT molecular complexity index is 1620. The third-order valence-electron chi connectivity index (χ3n) is 5.89. The first-order chi connectivity index (χ1) is 17.2. The van der Waals surface area contributed by atoms with Crippen molar-refractivity contribution in [2.45, 2.75) is 12.5 Å². The number of nitrogens with zero attached hydrogens (tertiary/aromatic N) is 3. The van der Waals surface area contributed by atoms with Gasteiger partial charge >= 0.3 is 0 Å². The number of nitrogens with one attached hydrogen (secondary N) is 1. The molecule has 1 aromatic heterocycles. The van der Waals surface area contributed by atoms with Crippen molar-refractivity contribution < 1.29 is 23.1 Å². The van der Waals surface area contributed by atoms with E-state index in [1.165, 1.54) is 17.4 Å². The minimum Gasteiger partial charge on any atom is -0.506 e. The summed E-state index contributed by atoms with van der Waals surface area (Å²) < 4.78 is 24.5. The van der Waals surface area contributed by atoms with Gasteiger partial charge in [0.25, 0.3) is 11.8 Å². The molecule has 0 aliphatic carbocycles. The Morgan fingerprint density at radius 3 is 2.67 bits per heavy atom. The number of nitriles is 1. The van der Waals surface area contributed by atoms with E-state index in [2.05, 4.69) is 10.3 Å². The molecule has 0 radical (unpaired) electrons. The van der Waals surface area contributed by atoms with Crippen LogP contribution >= 0.6 is 22.9 Å². The summed E-state index contributed by atoms with van der Waals surface area (Å²) in [5.74, 6) is -2.17. The quantitative estimate of drug-likeness (QED) is 0.284. The van der Waals surface area contributed by atoms with E-state index in [4.69, 9.17) is 11.6 Å². The molecule has 0 saturated carbocycles. The van der Waals surface area contributed by atoms with Crippen molar-refractivity contribution in [1.82, 2.24) is 9.88 Å². The molecular weight excluding hydrogens is 524 g/mol. The minimum atomic E-state index is -3.32. The largest absolute Gasteiger partial charge is 0.506 e. The predicted octanol–water partition coefficient (Wildman–Crippen LogP) is 3.66. The van der Waals surface area contributed by atoms with Gasteiger partial charge in [0.2, 0.25) is 0 Å². The van der Waals surface area contributed by atoms with Crippen molar-refractivity contribution in [2.24, 2.45) is 0 Å². The molecule has 1 fully saturated rings. The van der Waals surface area contributed by atoms with Crippen LogP contribution in [0.15, 0.2) is 59.3 Å². The van der Waals surface area contributed by atoms with E-state index in [9.17, 15) is 28.4 Å². The average Bonchev–Trinajstić information content (AvgIpc) is 3.50. The van der Waals surface area contributed by atoms with E-state index in [1.807, 2.05) is 30.3 Å². The molecular formula is C24H17ClN4O5S2. The van der Waals surface area contributed by atoms with Gasteiger partial charge in [-0.05, 0) is 30.7 Å². The molecule has 182 valence electrons. The highest BCUT2D eigenvalue weighted by atomic mass is 35.5. The number of aliphatic hydroxyl groups is 1. The first-order valence-electron chi connectivity index (χ1n) is 10.7. The number of amides is 2. The van der Waals surface area contributed by atoms with Crippen LogP contribution in [0.5, 0.6) is 0 Å². The number of fused-ring (bicyclic) bond motifs is 1. The third kappa shape index (κ3) is 4.24. The second-order valence-corrected chi connectivity index (χ2v) is 11.9. The van der Waals surface area contributed by atoms with Crippen molar-refractivity contribution in [3.05, 3.63) is 69.8 Å². The first kappa shape index (κ1) is 24.0. The summed E-state index contributed by atoms with van der Waals surface area (Å²) in [5.41, 5.74) is 1.13. The second-order valence-electron chi connectivity index (χ2n) is 8.25. The summed E-state index contributed by atoms with van der Waals surface area (Å²) in [6, 6.07) is 14.9. The highest BCUT2D eigenvalue weighted by Crippen LogP contribution is 2.33. The monoisotopic (exact) mass is 540 g/mol. The topological polar surface area (TPSA) is 140 Å². The minimum absolute atomic E-state index is 0.00802. The van der Waals surface area contributed by atoms with Gasteiger partial charge in [-0.1, -0.05) is 35.9 Å². The van der Waals surface area contributed by atoms with Crippen molar-refractivity contribution in [3.8, 4) is 6.07 Å². The Balaban J connectivity index is 1.43. The number of benzene rings is 2. The molecule has 36 heavy (non-hydrogen) atoms. The van der Waals surface area contributed by atoms with Gasteiger partial charge < -0.3 is 10.4 Å². The van der Waals surface area contributed by atoms with Crippen molar-refractivity contribution >= 4 is 71.8 Å². The number of rotatable bonds is 5. The molecule has 0 bridgehead atoms. The number of anilines is 1. The summed E-state index contributed by atoms with van der Waals surface area (Å²) in [5, 5.41) is 23.5. The Morgan fingerprint density at radius 2 is 1.97 bits per heavy atom. The number of sulfone groups is 1. The van der Waals surface area contributed by atoms with Gasteiger partial charge in [-0.25, -0.2) is 13.4 Å². The lowest BCUT2D eigenvalue weighted by Crippen LogP contribution is -2.42. The SMILES string of the molecule is N#C/C(=C(/O)c1cccc(NC2=C(Cl)C(=O)N(C3CCS(=O)(=O)C3)C2=O)c1)c1nc2ccccc2s1. The highest BCUT2D eigenvalue weighted by molar-refractivity contribution is 7.91. The standard InChI is InChI=1S/C24H17ClN4O5S2/c25-19-20(24(32)29(23(19)31)15-8-9-36(33,34)12-15)27-14-5-3-4-13(10-14)21(30)16(11-26)22-28-17-6-1-2-7-18(17)35-22/h1-7,10,15,27,30H,8-9,12H2/b21-16-. The molecule has 1 unspecified atom stereocenters. The van der Waals surface area contributed by atoms with Gasteiger partial charge in [0, 0.05) is 11.3 Å². The van der Waals surface area contributed by atoms with Gasteiger partial charge in [-0.3, -0.25) is 14.5 Å². The number of allylic oxidation sites excluding steroid dienone is 1. The van der Waals surface area contributed by atoms with Crippen LogP contribution in [0.2, 0.25) is 0 Å². The van der Waals surface area contributed by atoms with E-state index < -0.39 is 27.7 Å². The van der Waals surface area contributed by atoms with E-state index in [1.54, 1.807) is 18.2 Å². The van der Waals surface area contributed by atoms with Crippen LogP contribution in [0.3, 0.4) is 0 Å². The van der Waals surface area contributed by atoms with Crippen LogP contribution in [-0.2, 0) is 19.4 Å². The number of carbonyl (C=O) groups is 2. The van der Waals surface area contributed by atoms with Crippen molar-refractivity contribution in [3.63, 3.8) is 0 Å². The Hall–Kier alpha value is -3.72. The van der Waals surface area contributed by atoms with Crippen LogP contribution in [0, 0.1) is 11.3 Å². The summed E-state index contributed by atoms with van der Waals surface area (Å²) in [4.78, 5) is 30.9. The molecule has 2 N–H and O–H groups in total. The maximum Gasteiger partial charge on any atom is 0.279 e. The number of carbonyl (C=O) groups excluding carboxylic acids is 2. The number of imide groups is 1. The van der Waals surface area contributed by atoms with E-state index in [-0.39, 0.29) is 45.6 Å². The molecule has 2 aromatic carbocycles. The fraction of sp³-hybridized carbons (Fsp3) is 0.167. The Kier molecular flexibility index (Phi) is 6.04. The van der Waals surface area contributed by atoms with Crippen LogP contribution in [-0.4, -0.2) is 52.8 Å². The van der Waals surface area contributed by atoms with E-state index >= 15 is 0 Å². The average molecular weight is 541 g/mol. The molecule has 1 saturated heterocycles. The Morgan fingerprint density at radius 1 is 1.19 bits per heavy atom. The zero-order valence-corrected chi connectivity index (χ0v) is 20.8. The number of aromatic nitrogens is 1. The molecule has 5 rings (SSSR count). The second kappa shape index (κ2) is 9.05. The third-order valence-corrected chi connectivity index (χ3v) is 9.05. The molecule has 2 amide bonds. The van der Waals surface area contributed by atoms with Crippen LogP contribution < -0.4 is 5.32 Å². The number of halogens is 1. The number of hydrogen-bond acceptors (Lipinski definition) is 9. The lowest BCUT2D eigenvalue weighted by Gasteiger charge is -2.21. The molecule has 9 nitrogen and oxygen atoms in total. The zero-order valence-electron chi connectivity index (χ0n) is 18.4. The van der Waals surface area contributed by atoms with Crippen LogP contribution in [0.4, 0.5) is 5.69 Å². The summed E-state index contributed by atoms with van der Waals surface area (Å²) in [7, 11) is -3.32. The summed E-state index contributed by atoms with van der Waals surface area (Å²) in [6.45, 7) is 0. The van der Waals surface area contributed by atoms with Gasteiger partial charge in [0.1, 0.15) is 33.1 Å². The van der Waals surface area contributed by atoms with Crippen LogP contribution in [0.1, 0.15) is 17.0 Å². The van der Waals surface area contributed by atoms with Gasteiger partial charge in [0.05, 0.1) is 27.8 Å². The first-order valence-corrected chi connectivity index (χ1v) is 13.7. The van der Waals surface area contributed by atoms with E-state index in [0.717, 1.165) is 9.60 Å². The smallest absolute Gasteiger partial charge is 0.279 e. The van der Waals surface area contributed by atoms with Gasteiger partial charge in [-0.2, -0.15) is 5.26 Å². The lowest BCUT2D eigenvalue weighted by molar-refractivity contribution is -0.139. The van der Waals surface area contributed by atoms with E-state index in [0.29, 0.717) is 16.2 Å². The number of hydrogen-bond donors (Lipinski definition) is 2. The molecule has 2 aliphatic rings. The van der Waals surface area contributed by atoms with Crippen molar-refractivity contribution in [2.75, 3.05) is 16.8 Å². The van der Waals surface area contributed by atoms with Gasteiger partial charge in [-0.15, -0.1) is 11.3 Å². The Labute approximate surface area is 214 Å². The molecule has 1 atom stereocenters. The number of thiazole rings is 1. The molecule has 0 spiro atoms. The molecule has 3 heterocycles. The predicted molar refractivity (Wildman–Crippen MR) is 137 cm³/mol. The normalized spacial score (nSPS) is 20.1. The number of aliphatic hydroxyl groups excluding tert-OH is 1. The summed E-state index contributed by atoms with van der Waals surface area (Å²) in [6.07, 6.45) is 0.161. The van der Waals surface area contributed by atoms with Crippen molar-refractivity contribution in [1.29, 1.82) is 5.26 Å². The molecule has 12 heteroatoms. The summed E-state index contributed by atoms with van der Waals surface area (Å²) >= 11 is 7.43. The number of para-hydroxylation sites is 1. The molecule has 3 aromatic rings. The maximum atomic E-state index is 13.0. The van der Waals surface area contributed by atoms with Gasteiger partial charge in [0.15, 0.2) is 9.84 Å². The lowest BCUT2D eigenvalue weighted by atomic mass is 10.1. The molecule has 2 aliphatic heterocycles.